The van der Waals surface area contributed by atoms with E-state index in [2.05, 4.69) is 5.32 Å². The van der Waals surface area contributed by atoms with Gasteiger partial charge in [-0.05, 0) is 39.7 Å². The van der Waals surface area contributed by atoms with Crippen LogP contribution in [0, 0.1) is 5.92 Å². The Balaban J connectivity index is 2.13. The third-order valence-electron chi connectivity index (χ3n) is 4.04. The van der Waals surface area contributed by atoms with E-state index in [1.54, 1.807) is 27.7 Å². The average Bonchev–Trinajstić information content (AvgIpc) is 2.95. The molecule has 27 heavy (non-hydrogen) atoms. The van der Waals surface area contributed by atoms with Crippen LogP contribution in [0.2, 0.25) is 0 Å². The van der Waals surface area contributed by atoms with Crippen LogP contribution in [0.15, 0.2) is 30.3 Å². The van der Waals surface area contributed by atoms with E-state index >= 15 is 0 Å². The fourth-order valence-electron chi connectivity index (χ4n) is 2.89. The summed E-state index contributed by atoms with van der Waals surface area (Å²) in [6.07, 6.45) is -0.642. The van der Waals surface area contributed by atoms with Crippen molar-refractivity contribution in [1.82, 2.24) is 5.32 Å². The first-order chi connectivity index (χ1) is 12.7. The molecule has 1 saturated heterocycles. The zero-order chi connectivity index (χ0) is 20.0. The monoisotopic (exact) mass is 377 g/mol. The number of hydrogen-bond acceptors (Lipinski definition) is 6. The van der Waals surface area contributed by atoms with E-state index < -0.39 is 41.7 Å². The lowest BCUT2D eigenvalue weighted by Gasteiger charge is -2.26. The molecule has 1 aliphatic rings. The Kier molecular flexibility index (Phi) is 6.82. The van der Waals surface area contributed by atoms with E-state index in [4.69, 9.17) is 14.2 Å². The van der Waals surface area contributed by atoms with Crippen LogP contribution >= 0.6 is 0 Å². The molecule has 0 aliphatic carbocycles. The molecule has 3 atom stereocenters. The lowest BCUT2D eigenvalue weighted by atomic mass is 9.96. The predicted molar refractivity (Wildman–Crippen MR) is 97.9 cm³/mol. The maximum atomic E-state index is 12.2. The first-order valence-corrected chi connectivity index (χ1v) is 9.10. The number of cyclic esters (lactones) is 1. The van der Waals surface area contributed by atoms with E-state index in [0.717, 1.165) is 5.56 Å². The number of amides is 1. The second kappa shape index (κ2) is 8.88. The maximum Gasteiger partial charge on any atom is 0.408 e. The van der Waals surface area contributed by atoms with Crippen molar-refractivity contribution in [2.24, 2.45) is 5.92 Å². The van der Waals surface area contributed by atoms with Gasteiger partial charge in [-0.1, -0.05) is 30.3 Å². The van der Waals surface area contributed by atoms with Crippen molar-refractivity contribution in [2.45, 2.75) is 58.3 Å². The number of alkyl carbamates (subject to hydrolysis) is 1. The Hall–Kier alpha value is -2.57. The van der Waals surface area contributed by atoms with Gasteiger partial charge in [0.1, 0.15) is 11.7 Å². The molecule has 1 heterocycles. The highest BCUT2D eigenvalue weighted by atomic mass is 16.6. The summed E-state index contributed by atoms with van der Waals surface area (Å²) in [4.78, 5) is 36.3. The molecule has 1 aliphatic heterocycles. The van der Waals surface area contributed by atoms with Crippen LogP contribution in [0.25, 0.3) is 0 Å². The van der Waals surface area contributed by atoms with Crippen molar-refractivity contribution in [3.63, 3.8) is 0 Å². The molecule has 0 saturated carbocycles. The molecule has 0 spiro atoms. The first kappa shape index (κ1) is 20.7. The number of rotatable bonds is 6. The SMILES string of the molecule is CCOC(=O)[C@@H]1C[C@@H]([C@H](Cc2ccccc2)NC(=O)OC(C)(C)C)OC1=O. The molecular formula is C20H27NO6. The van der Waals surface area contributed by atoms with E-state index in [1.165, 1.54) is 0 Å². The molecule has 1 N–H and O–H groups in total. The summed E-state index contributed by atoms with van der Waals surface area (Å²) in [5.74, 6) is -2.18. The molecule has 0 unspecified atom stereocenters. The van der Waals surface area contributed by atoms with Gasteiger partial charge < -0.3 is 19.5 Å². The highest BCUT2D eigenvalue weighted by Crippen LogP contribution is 2.26. The topological polar surface area (TPSA) is 90.9 Å². The number of nitrogens with one attached hydrogen (secondary N) is 1. The molecule has 2 rings (SSSR count). The van der Waals surface area contributed by atoms with E-state index in [0.29, 0.717) is 6.42 Å². The van der Waals surface area contributed by atoms with Gasteiger partial charge >= 0.3 is 18.0 Å². The molecular weight excluding hydrogens is 350 g/mol. The number of esters is 2. The largest absolute Gasteiger partial charge is 0.465 e. The number of ether oxygens (including phenoxy) is 3. The average molecular weight is 377 g/mol. The van der Waals surface area contributed by atoms with Gasteiger partial charge in [0.25, 0.3) is 0 Å². The maximum absolute atomic E-state index is 12.2. The van der Waals surface area contributed by atoms with E-state index in [-0.39, 0.29) is 13.0 Å². The summed E-state index contributed by atoms with van der Waals surface area (Å²) in [5, 5.41) is 2.79. The Morgan fingerprint density at radius 3 is 2.52 bits per heavy atom. The van der Waals surface area contributed by atoms with E-state index in [9.17, 15) is 14.4 Å². The Bertz CT molecular complexity index is 667. The number of carbonyl (C=O) groups excluding carboxylic acids is 3. The standard InChI is InChI=1S/C20H27NO6/c1-5-25-17(22)14-12-16(26-18(14)23)15(11-13-9-7-6-8-10-13)21-19(24)27-20(2,3)4/h6-10,14-16H,5,11-12H2,1-4H3,(H,21,24)/t14-,15-,16-/m0/s1. The second-order valence-corrected chi connectivity index (χ2v) is 7.46. The second-order valence-electron chi connectivity index (χ2n) is 7.46. The van der Waals surface area contributed by atoms with Crippen molar-refractivity contribution in [2.75, 3.05) is 6.61 Å². The van der Waals surface area contributed by atoms with Crippen LogP contribution in [0.5, 0.6) is 0 Å². The molecule has 1 aromatic carbocycles. The molecule has 7 nitrogen and oxygen atoms in total. The van der Waals surface area contributed by atoms with Crippen molar-refractivity contribution >= 4 is 18.0 Å². The molecule has 0 aromatic heterocycles. The Morgan fingerprint density at radius 1 is 1.26 bits per heavy atom. The molecule has 7 heteroatoms. The molecule has 148 valence electrons. The molecule has 0 radical (unpaired) electrons. The molecule has 1 fully saturated rings. The fourth-order valence-corrected chi connectivity index (χ4v) is 2.89. The molecule has 0 bridgehead atoms. The van der Waals surface area contributed by atoms with Crippen LogP contribution in [0.3, 0.4) is 0 Å². The van der Waals surface area contributed by atoms with Gasteiger partial charge in [-0.25, -0.2) is 4.79 Å². The normalized spacial score (nSPS) is 20.5. The van der Waals surface area contributed by atoms with Gasteiger partial charge in [-0.2, -0.15) is 0 Å². The van der Waals surface area contributed by atoms with Gasteiger partial charge in [-0.3, -0.25) is 9.59 Å². The van der Waals surface area contributed by atoms with Crippen LogP contribution in [-0.2, 0) is 30.2 Å². The smallest absolute Gasteiger partial charge is 0.408 e. The zero-order valence-electron chi connectivity index (χ0n) is 16.2. The first-order valence-electron chi connectivity index (χ1n) is 9.10. The summed E-state index contributed by atoms with van der Waals surface area (Å²) < 4.78 is 15.7. The highest BCUT2D eigenvalue weighted by Gasteiger charge is 2.44. The minimum absolute atomic E-state index is 0.158. The van der Waals surface area contributed by atoms with Crippen molar-refractivity contribution in [3.05, 3.63) is 35.9 Å². The van der Waals surface area contributed by atoms with Gasteiger partial charge in [0.2, 0.25) is 0 Å². The fraction of sp³-hybridized carbons (Fsp3) is 0.550. The summed E-state index contributed by atoms with van der Waals surface area (Å²) in [7, 11) is 0. The Labute approximate surface area is 159 Å². The lowest BCUT2D eigenvalue weighted by Crippen LogP contribution is -2.46. The summed E-state index contributed by atoms with van der Waals surface area (Å²) in [6.45, 7) is 7.18. The minimum Gasteiger partial charge on any atom is -0.465 e. The van der Waals surface area contributed by atoms with Crippen LogP contribution < -0.4 is 5.32 Å². The highest BCUT2D eigenvalue weighted by molar-refractivity contribution is 5.96. The quantitative estimate of drug-likeness (QED) is 0.466. The third-order valence-corrected chi connectivity index (χ3v) is 4.04. The Morgan fingerprint density at radius 2 is 1.93 bits per heavy atom. The number of benzene rings is 1. The zero-order valence-corrected chi connectivity index (χ0v) is 16.2. The third kappa shape index (κ3) is 6.27. The lowest BCUT2D eigenvalue weighted by molar-refractivity contribution is -0.156. The predicted octanol–water partition coefficient (Wildman–Crippen LogP) is 2.62. The van der Waals surface area contributed by atoms with Gasteiger partial charge in [-0.15, -0.1) is 0 Å². The van der Waals surface area contributed by atoms with Crippen molar-refractivity contribution < 1.29 is 28.6 Å². The summed E-state index contributed by atoms with van der Waals surface area (Å²) in [5.41, 5.74) is 0.315. The number of carbonyl (C=O) groups is 3. The van der Waals surface area contributed by atoms with Crippen LogP contribution in [-0.4, -0.2) is 42.4 Å². The van der Waals surface area contributed by atoms with Crippen molar-refractivity contribution in [1.29, 1.82) is 0 Å². The van der Waals surface area contributed by atoms with Gasteiger partial charge in [0, 0.05) is 6.42 Å². The van der Waals surface area contributed by atoms with Gasteiger partial charge in [0.15, 0.2) is 5.92 Å². The summed E-state index contributed by atoms with van der Waals surface area (Å²) in [6, 6.07) is 8.99. The van der Waals surface area contributed by atoms with Crippen LogP contribution in [0.1, 0.15) is 39.7 Å². The van der Waals surface area contributed by atoms with Crippen molar-refractivity contribution in [3.8, 4) is 0 Å². The summed E-state index contributed by atoms with van der Waals surface area (Å²) >= 11 is 0. The van der Waals surface area contributed by atoms with Gasteiger partial charge in [0.05, 0.1) is 12.6 Å². The molecule has 1 amide bonds. The van der Waals surface area contributed by atoms with E-state index in [1.807, 2.05) is 30.3 Å². The van der Waals surface area contributed by atoms with Crippen LogP contribution in [0.4, 0.5) is 4.79 Å². The number of hydrogen-bond donors (Lipinski definition) is 1. The molecule has 1 aromatic rings. The minimum atomic E-state index is -0.964.